The Bertz CT molecular complexity index is 568. The molecule has 0 spiro atoms. The molecule has 0 amide bonds. The highest BCUT2D eigenvalue weighted by Gasteiger charge is 2.57. The largest absolute Gasteiger partial charge is 0.393 e. The smallest absolute Gasteiger partial charge is 0.147 e. The second-order valence-corrected chi connectivity index (χ2v) is 9.82. The van der Waals surface area contributed by atoms with Crippen molar-refractivity contribution >= 4 is 21.7 Å². The van der Waals surface area contributed by atoms with Crippen molar-refractivity contribution in [3.05, 3.63) is 11.1 Å². The van der Waals surface area contributed by atoms with Crippen LogP contribution in [0.3, 0.4) is 0 Å². The fraction of sp³-hybridized carbons (Fsp3) is 0.857. The lowest BCUT2D eigenvalue weighted by molar-refractivity contribution is -0.126. The fourth-order valence-corrected chi connectivity index (χ4v) is 7.62. The third-order valence-electron chi connectivity index (χ3n) is 8.33. The SMILES string of the molecule is CC1=C2CC(O)CCC2C2CCC3(C)C(C(=O)CBr)CCC3C2C1. The van der Waals surface area contributed by atoms with Gasteiger partial charge < -0.3 is 5.11 Å². The number of carbonyl (C=O) groups excluding carboxylic acids is 1. The maximum atomic E-state index is 12.5. The van der Waals surface area contributed by atoms with Crippen LogP contribution >= 0.6 is 15.9 Å². The monoisotopic (exact) mass is 394 g/mol. The molecule has 0 saturated heterocycles. The lowest BCUT2D eigenvalue weighted by atomic mass is 9.50. The first-order chi connectivity index (χ1) is 11.5. The quantitative estimate of drug-likeness (QED) is 0.534. The van der Waals surface area contributed by atoms with Crippen LogP contribution in [0.25, 0.3) is 0 Å². The number of carbonyl (C=O) groups is 1. The van der Waals surface area contributed by atoms with Crippen LogP contribution in [0, 0.1) is 35.0 Å². The molecule has 0 heterocycles. The lowest BCUT2D eigenvalue weighted by Crippen LogP contribution is -2.48. The second-order valence-electron chi connectivity index (χ2n) is 9.26. The van der Waals surface area contributed by atoms with Gasteiger partial charge in [0.2, 0.25) is 0 Å². The zero-order valence-corrected chi connectivity index (χ0v) is 16.6. The summed E-state index contributed by atoms with van der Waals surface area (Å²) in [5.41, 5.74) is 3.40. The van der Waals surface area contributed by atoms with E-state index < -0.39 is 0 Å². The zero-order chi connectivity index (χ0) is 17.1. The van der Waals surface area contributed by atoms with Crippen LogP contribution < -0.4 is 0 Å². The summed E-state index contributed by atoms with van der Waals surface area (Å²) in [7, 11) is 0. The number of alkyl halides is 1. The third kappa shape index (κ3) is 2.48. The van der Waals surface area contributed by atoms with Crippen LogP contribution in [0.15, 0.2) is 11.1 Å². The third-order valence-corrected chi connectivity index (χ3v) is 8.89. The molecule has 0 aliphatic heterocycles. The number of allylic oxidation sites excluding steroid dienone is 1. The van der Waals surface area contributed by atoms with Crippen LogP contribution in [0.2, 0.25) is 0 Å². The van der Waals surface area contributed by atoms with Gasteiger partial charge in [-0.05, 0) is 87.4 Å². The summed E-state index contributed by atoms with van der Waals surface area (Å²) < 4.78 is 0. The Balaban J connectivity index is 1.63. The van der Waals surface area contributed by atoms with E-state index in [0.717, 1.165) is 42.9 Å². The van der Waals surface area contributed by atoms with Crippen LogP contribution in [0.4, 0.5) is 0 Å². The van der Waals surface area contributed by atoms with Crippen molar-refractivity contribution in [2.45, 2.75) is 71.3 Å². The standard InChI is InChI=1S/C21H31BrO2/c1-12-9-17-15(14-4-3-13(23)10-16(12)14)7-8-21(2)18(17)5-6-19(21)20(24)11-22/h13-15,17-19,23H,3-11H2,1-2H3. The van der Waals surface area contributed by atoms with E-state index in [0.29, 0.717) is 11.1 Å². The molecule has 0 aromatic carbocycles. The topological polar surface area (TPSA) is 37.3 Å². The molecule has 7 atom stereocenters. The number of Topliss-reactive ketones (excluding diaryl/α,β-unsaturated/α-hetero) is 1. The molecule has 3 heteroatoms. The Hall–Kier alpha value is -0.150. The number of aliphatic hydroxyl groups excluding tert-OH is 1. The molecule has 134 valence electrons. The Morgan fingerprint density at radius 1 is 1.17 bits per heavy atom. The Morgan fingerprint density at radius 3 is 2.71 bits per heavy atom. The van der Waals surface area contributed by atoms with Gasteiger partial charge in [-0.25, -0.2) is 0 Å². The number of rotatable bonds is 2. The van der Waals surface area contributed by atoms with E-state index in [4.69, 9.17) is 0 Å². The average molecular weight is 395 g/mol. The number of aliphatic hydroxyl groups is 1. The van der Waals surface area contributed by atoms with Gasteiger partial charge in [-0.1, -0.05) is 34.0 Å². The molecule has 0 radical (unpaired) electrons. The molecule has 1 N–H and O–H groups in total. The molecular formula is C21H31BrO2. The minimum Gasteiger partial charge on any atom is -0.393 e. The van der Waals surface area contributed by atoms with E-state index in [9.17, 15) is 9.90 Å². The van der Waals surface area contributed by atoms with Gasteiger partial charge in [0.25, 0.3) is 0 Å². The highest BCUT2D eigenvalue weighted by Crippen LogP contribution is 2.64. The highest BCUT2D eigenvalue weighted by atomic mass is 79.9. The van der Waals surface area contributed by atoms with Crippen LogP contribution in [-0.2, 0) is 4.79 Å². The predicted octanol–water partition coefficient (Wildman–Crippen LogP) is 4.89. The molecule has 0 aromatic heterocycles. The Kier molecular flexibility index (Phi) is 4.48. The summed E-state index contributed by atoms with van der Waals surface area (Å²) in [4.78, 5) is 12.5. The molecular weight excluding hydrogens is 364 g/mol. The summed E-state index contributed by atoms with van der Waals surface area (Å²) in [5.74, 6) is 3.76. The lowest BCUT2D eigenvalue weighted by Gasteiger charge is -2.54. The van der Waals surface area contributed by atoms with Crippen molar-refractivity contribution < 1.29 is 9.90 Å². The molecule has 2 nitrogen and oxygen atoms in total. The van der Waals surface area contributed by atoms with Crippen molar-refractivity contribution in [3.8, 4) is 0 Å². The van der Waals surface area contributed by atoms with Gasteiger partial charge in [0, 0.05) is 5.92 Å². The van der Waals surface area contributed by atoms with E-state index in [1.165, 1.54) is 32.1 Å². The number of hydrogen-bond donors (Lipinski definition) is 1. The van der Waals surface area contributed by atoms with Gasteiger partial charge in [0.05, 0.1) is 11.4 Å². The van der Waals surface area contributed by atoms with Crippen LogP contribution in [0.1, 0.15) is 65.2 Å². The molecule has 0 aromatic rings. The first-order valence-corrected chi connectivity index (χ1v) is 11.0. The fourth-order valence-electron chi connectivity index (χ4n) is 7.23. The number of ketones is 1. The van der Waals surface area contributed by atoms with E-state index in [2.05, 4.69) is 29.8 Å². The summed E-state index contributed by atoms with van der Waals surface area (Å²) in [5, 5.41) is 10.6. The van der Waals surface area contributed by atoms with Crippen molar-refractivity contribution in [1.82, 2.24) is 0 Å². The zero-order valence-electron chi connectivity index (χ0n) is 15.1. The molecule has 3 saturated carbocycles. The van der Waals surface area contributed by atoms with E-state index >= 15 is 0 Å². The normalized spacial score (nSPS) is 47.8. The van der Waals surface area contributed by atoms with Crippen molar-refractivity contribution in [2.24, 2.45) is 35.0 Å². The molecule has 0 bridgehead atoms. The molecule has 4 aliphatic carbocycles. The molecule has 7 unspecified atom stereocenters. The van der Waals surface area contributed by atoms with Crippen molar-refractivity contribution in [2.75, 3.05) is 5.33 Å². The Morgan fingerprint density at radius 2 is 1.96 bits per heavy atom. The number of hydrogen-bond acceptors (Lipinski definition) is 2. The Labute approximate surface area is 154 Å². The second kappa shape index (κ2) is 6.23. The minimum absolute atomic E-state index is 0.107. The summed E-state index contributed by atoms with van der Waals surface area (Å²) in [6.07, 6.45) is 9.08. The van der Waals surface area contributed by atoms with Gasteiger partial charge >= 0.3 is 0 Å². The van der Waals surface area contributed by atoms with Gasteiger partial charge in [-0.3, -0.25) is 4.79 Å². The van der Waals surface area contributed by atoms with Gasteiger partial charge in [0.15, 0.2) is 0 Å². The molecule has 3 fully saturated rings. The minimum atomic E-state index is -0.107. The van der Waals surface area contributed by atoms with Crippen molar-refractivity contribution in [1.29, 1.82) is 0 Å². The summed E-state index contributed by atoms with van der Waals surface area (Å²) >= 11 is 3.41. The van der Waals surface area contributed by atoms with E-state index in [1.807, 2.05) is 0 Å². The summed E-state index contributed by atoms with van der Waals surface area (Å²) in [6, 6.07) is 0. The van der Waals surface area contributed by atoms with Crippen LogP contribution in [0.5, 0.6) is 0 Å². The van der Waals surface area contributed by atoms with E-state index in [1.54, 1.807) is 11.1 Å². The molecule has 4 aliphatic rings. The maximum absolute atomic E-state index is 12.5. The maximum Gasteiger partial charge on any atom is 0.147 e. The highest BCUT2D eigenvalue weighted by molar-refractivity contribution is 9.09. The first-order valence-electron chi connectivity index (χ1n) is 9.91. The van der Waals surface area contributed by atoms with Gasteiger partial charge in [-0.15, -0.1) is 0 Å². The molecule has 4 rings (SSSR count). The summed E-state index contributed by atoms with van der Waals surface area (Å²) in [6.45, 7) is 4.74. The predicted molar refractivity (Wildman–Crippen MR) is 100 cm³/mol. The van der Waals surface area contributed by atoms with E-state index in [-0.39, 0.29) is 17.4 Å². The first kappa shape index (κ1) is 17.3. The van der Waals surface area contributed by atoms with Crippen LogP contribution in [-0.4, -0.2) is 22.3 Å². The number of fused-ring (bicyclic) bond motifs is 5. The number of halogens is 1. The van der Waals surface area contributed by atoms with Gasteiger partial charge in [-0.2, -0.15) is 0 Å². The van der Waals surface area contributed by atoms with Gasteiger partial charge in [0.1, 0.15) is 5.78 Å². The van der Waals surface area contributed by atoms with Crippen molar-refractivity contribution in [3.63, 3.8) is 0 Å². The molecule has 24 heavy (non-hydrogen) atoms. The average Bonchev–Trinajstić information content (AvgIpc) is 2.92.